The average molecular weight is 371 g/mol. The molecule has 0 heterocycles. The molecule has 0 aliphatic rings. The highest BCUT2D eigenvalue weighted by Gasteiger charge is 2.01. The Labute approximate surface area is 135 Å². The zero-order valence-corrected chi connectivity index (χ0v) is 13.3. The second kappa shape index (κ2) is 6.93. The highest BCUT2D eigenvalue weighted by atomic mass is 79.9. The maximum Gasteiger partial charge on any atom is 0.187 e. The van der Waals surface area contributed by atoms with E-state index in [-0.39, 0.29) is 5.78 Å². The van der Waals surface area contributed by atoms with Crippen LogP contribution >= 0.6 is 39.1 Å². The molecule has 0 saturated heterocycles. The van der Waals surface area contributed by atoms with Gasteiger partial charge in [0.2, 0.25) is 0 Å². The zero-order chi connectivity index (χ0) is 14.5. The van der Waals surface area contributed by atoms with E-state index in [1.807, 2.05) is 12.1 Å². The molecule has 0 unspecified atom stereocenters. The van der Waals surface area contributed by atoms with Crippen LogP contribution in [0.3, 0.4) is 0 Å². The Morgan fingerprint density at radius 2 is 1.80 bits per heavy atom. The number of ketones is 1. The fraction of sp³-hybridized carbons (Fsp3) is 0. The standard InChI is InChI=1S/C15H10BrCl2NO/c16-13-9-12(5-6-14(13)18)19-8-7-15(20)10-1-3-11(17)4-2-10/h1-9,19H. The summed E-state index contributed by atoms with van der Waals surface area (Å²) >= 11 is 15.0. The van der Waals surface area contributed by atoms with Gasteiger partial charge in [-0.2, -0.15) is 0 Å². The second-order valence-corrected chi connectivity index (χ2v) is 5.68. The van der Waals surface area contributed by atoms with Crippen molar-refractivity contribution in [3.63, 3.8) is 0 Å². The summed E-state index contributed by atoms with van der Waals surface area (Å²) in [4.78, 5) is 11.9. The van der Waals surface area contributed by atoms with Gasteiger partial charge in [0.25, 0.3) is 0 Å². The molecule has 2 nitrogen and oxygen atoms in total. The summed E-state index contributed by atoms with van der Waals surface area (Å²) in [6.45, 7) is 0. The highest BCUT2D eigenvalue weighted by molar-refractivity contribution is 9.10. The molecule has 0 fully saturated rings. The summed E-state index contributed by atoms with van der Waals surface area (Å²) in [6.07, 6.45) is 3.05. The molecule has 0 radical (unpaired) electrons. The van der Waals surface area contributed by atoms with E-state index in [0.717, 1.165) is 10.2 Å². The monoisotopic (exact) mass is 369 g/mol. The number of benzene rings is 2. The molecule has 5 heteroatoms. The van der Waals surface area contributed by atoms with E-state index in [2.05, 4.69) is 21.2 Å². The first-order valence-electron chi connectivity index (χ1n) is 5.74. The number of halogens is 3. The molecule has 0 atom stereocenters. The van der Waals surface area contributed by atoms with Gasteiger partial charge in [0.05, 0.1) is 5.02 Å². The van der Waals surface area contributed by atoms with Crippen molar-refractivity contribution in [2.75, 3.05) is 5.32 Å². The third kappa shape index (κ3) is 4.10. The van der Waals surface area contributed by atoms with Gasteiger partial charge in [0, 0.05) is 33.0 Å². The predicted molar refractivity (Wildman–Crippen MR) is 87.7 cm³/mol. The van der Waals surface area contributed by atoms with Crippen molar-refractivity contribution in [3.8, 4) is 0 Å². The summed E-state index contributed by atoms with van der Waals surface area (Å²) in [6, 6.07) is 12.2. The van der Waals surface area contributed by atoms with Gasteiger partial charge >= 0.3 is 0 Å². The van der Waals surface area contributed by atoms with E-state index < -0.39 is 0 Å². The van der Waals surface area contributed by atoms with Gasteiger partial charge in [0.1, 0.15) is 0 Å². The number of hydrogen-bond acceptors (Lipinski definition) is 2. The van der Waals surface area contributed by atoms with Crippen LogP contribution in [0.25, 0.3) is 0 Å². The molecule has 0 saturated carbocycles. The van der Waals surface area contributed by atoms with Gasteiger partial charge in [-0.3, -0.25) is 4.79 Å². The zero-order valence-electron chi connectivity index (χ0n) is 10.2. The summed E-state index contributed by atoms with van der Waals surface area (Å²) < 4.78 is 0.793. The number of hydrogen-bond donors (Lipinski definition) is 1. The molecule has 0 amide bonds. The molecular formula is C15H10BrCl2NO. The summed E-state index contributed by atoms with van der Waals surface area (Å²) in [5.41, 5.74) is 1.42. The quantitative estimate of drug-likeness (QED) is 0.563. The molecule has 20 heavy (non-hydrogen) atoms. The minimum absolute atomic E-state index is 0.0952. The number of rotatable bonds is 4. The van der Waals surface area contributed by atoms with Crippen LogP contribution in [0.5, 0.6) is 0 Å². The maximum atomic E-state index is 11.9. The average Bonchev–Trinajstić information content (AvgIpc) is 2.43. The van der Waals surface area contributed by atoms with Gasteiger partial charge in [-0.25, -0.2) is 0 Å². The van der Waals surface area contributed by atoms with Crippen molar-refractivity contribution in [2.45, 2.75) is 0 Å². The minimum Gasteiger partial charge on any atom is -0.362 e. The first-order chi connectivity index (χ1) is 9.56. The summed E-state index contributed by atoms with van der Waals surface area (Å²) in [5, 5.41) is 4.25. The number of nitrogens with one attached hydrogen (secondary N) is 1. The number of carbonyl (C=O) groups excluding carboxylic acids is 1. The SMILES string of the molecule is O=C(C=CNc1ccc(Cl)c(Br)c1)c1ccc(Cl)cc1. The van der Waals surface area contributed by atoms with Crippen LogP contribution in [0.1, 0.15) is 10.4 Å². The van der Waals surface area contributed by atoms with Crippen molar-refractivity contribution >= 4 is 50.6 Å². The van der Waals surface area contributed by atoms with Crippen molar-refractivity contribution < 1.29 is 4.79 Å². The molecule has 102 valence electrons. The summed E-state index contributed by atoms with van der Waals surface area (Å²) in [7, 11) is 0. The Hall–Kier alpha value is -1.29. The van der Waals surface area contributed by atoms with Crippen LogP contribution in [0.4, 0.5) is 5.69 Å². The Bertz CT molecular complexity index is 653. The van der Waals surface area contributed by atoms with Crippen LogP contribution < -0.4 is 5.32 Å². The fourth-order valence-electron chi connectivity index (χ4n) is 1.51. The van der Waals surface area contributed by atoms with E-state index in [9.17, 15) is 4.79 Å². The fourth-order valence-corrected chi connectivity index (χ4v) is 2.13. The van der Waals surface area contributed by atoms with Gasteiger partial charge in [-0.15, -0.1) is 0 Å². The Morgan fingerprint density at radius 3 is 2.45 bits per heavy atom. The lowest BCUT2D eigenvalue weighted by atomic mass is 10.1. The topological polar surface area (TPSA) is 29.1 Å². The third-order valence-corrected chi connectivity index (χ3v) is 4.00. The molecule has 2 rings (SSSR count). The normalized spacial score (nSPS) is 10.8. The van der Waals surface area contributed by atoms with Crippen molar-refractivity contribution in [3.05, 3.63) is 74.8 Å². The first kappa shape index (κ1) is 15.1. The van der Waals surface area contributed by atoms with E-state index in [1.165, 1.54) is 6.08 Å². The maximum absolute atomic E-state index is 11.9. The lowest BCUT2D eigenvalue weighted by Crippen LogP contribution is -1.96. The molecular weight excluding hydrogens is 361 g/mol. The Balaban J connectivity index is 2.00. The smallest absolute Gasteiger partial charge is 0.187 e. The number of allylic oxidation sites excluding steroid dienone is 1. The van der Waals surface area contributed by atoms with E-state index in [0.29, 0.717) is 15.6 Å². The van der Waals surface area contributed by atoms with E-state index in [4.69, 9.17) is 23.2 Å². The van der Waals surface area contributed by atoms with Crippen molar-refractivity contribution in [1.82, 2.24) is 0 Å². The van der Waals surface area contributed by atoms with Crippen molar-refractivity contribution in [2.24, 2.45) is 0 Å². The molecule has 0 spiro atoms. The second-order valence-electron chi connectivity index (χ2n) is 3.98. The molecule has 2 aromatic rings. The molecule has 0 aliphatic carbocycles. The van der Waals surface area contributed by atoms with Crippen LogP contribution in [0.2, 0.25) is 10.0 Å². The van der Waals surface area contributed by atoms with Crippen molar-refractivity contribution in [1.29, 1.82) is 0 Å². The minimum atomic E-state index is -0.0952. The molecule has 1 N–H and O–H groups in total. The van der Waals surface area contributed by atoms with Gasteiger partial charge in [0.15, 0.2) is 5.78 Å². The van der Waals surface area contributed by atoms with E-state index >= 15 is 0 Å². The van der Waals surface area contributed by atoms with Crippen LogP contribution in [0, 0.1) is 0 Å². The van der Waals surface area contributed by atoms with Gasteiger partial charge < -0.3 is 5.32 Å². The molecule has 0 bridgehead atoms. The Morgan fingerprint density at radius 1 is 1.10 bits per heavy atom. The van der Waals surface area contributed by atoms with E-state index in [1.54, 1.807) is 36.5 Å². The van der Waals surface area contributed by atoms with Crippen LogP contribution in [0.15, 0.2) is 59.2 Å². The summed E-state index contributed by atoms with van der Waals surface area (Å²) in [5.74, 6) is -0.0952. The number of anilines is 1. The van der Waals surface area contributed by atoms with Gasteiger partial charge in [-0.1, -0.05) is 23.2 Å². The van der Waals surface area contributed by atoms with Crippen LogP contribution in [-0.2, 0) is 0 Å². The number of carbonyl (C=O) groups is 1. The highest BCUT2D eigenvalue weighted by Crippen LogP contribution is 2.25. The molecule has 0 aromatic heterocycles. The molecule has 0 aliphatic heterocycles. The van der Waals surface area contributed by atoms with Gasteiger partial charge in [-0.05, 0) is 58.4 Å². The third-order valence-electron chi connectivity index (χ3n) is 2.53. The largest absolute Gasteiger partial charge is 0.362 e. The van der Waals surface area contributed by atoms with Crippen LogP contribution in [-0.4, -0.2) is 5.78 Å². The Kier molecular flexibility index (Phi) is 5.24. The first-order valence-corrected chi connectivity index (χ1v) is 7.29. The lowest BCUT2D eigenvalue weighted by molar-refractivity contribution is 0.104. The predicted octanol–water partition coefficient (Wildman–Crippen LogP) is 5.56. The molecule has 2 aromatic carbocycles. The lowest BCUT2D eigenvalue weighted by Gasteiger charge is -2.02.